The van der Waals surface area contributed by atoms with Crippen molar-refractivity contribution in [2.24, 2.45) is 10.9 Å². The van der Waals surface area contributed by atoms with Crippen LogP contribution in [-0.4, -0.2) is 57.3 Å². The quantitative estimate of drug-likeness (QED) is 0.325. The molecule has 1 saturated carbocycles. The van der Waals surface area contributed by atoms with E-state index < -0.39 is 0 Å². The van der Waals surface area contributed by atoms with Crippen LogP contribution in [0.1, 0.15) is 37.8 Å². The predicted octanol–water partition coefficient (Wildman–Crippen LogP) is 3.03. The standard InChI is InChI=1S/C21H34N4O2.HI/c1-6-26-19-10-16-9-14(2)27-20(16)11-17(19)12-23-21(22-3)24-13-18(25(4)5)15-7-8-15;/h10-11,14-15,18H,6-9,12-13H2,1-5H3,(H2,22,23,24);1H. The molecule has 1 aliphatic carbocycles. The smallest absolute Gasteiger partial charge is 0.191 e. The monoisotopic (exact) mass is 502 g/mol. The van der Waals surface area contributed by atoms with Gasteiger partial charge in [-0.25, -0.2) is 0 Å². The Morgan fingerprint density at radius 3 is 2.68 bits per heavy atom. The SMILES string of the molecule is CCOc1cc2c(cc1CNC(=NC)NCC(C1CC1)N(C)C)OC(C)C2.I. The molecule has 0 aromatic heterocycles. The van der Waals surface area contributed by atoms with Gasteiger partial charge in [-0.15, -0.1) is 24.0 Å². The lowest BCUT2D eigenvalue weighted by Crippen LogP contribution is -2.45. The van der Waals surface area contributed by atoms with Gasteiger partial charge in [0.1, 0.15) is 17.6 Å². The van der Waals surface area contributed by atoms with Gasteiger partial charge in [0.25, 0.3) is 0 Å². The van der Waals surface area contributed by atoms with Crippen LogP contribution in [0, 0.1) is 5.92 Å². The van der Waals surface area contributed by atoms with Crippen molar-refractivity contribution in [2.45, 2.75) is 51.8 Å². The van der Waals surface area contributed by atoms with Crippen LogP contribution in [0.15, 0.2) is 17.1 Å². The van der Waals surface area contributed by atoms with Gasteiger partial charge in [0.15, 0.2) is 5.96 Å². The first-order valence-electron chi connectivity index (χ1n) is 10.1. The van der Waals surface area contributed by atoms with E-state index in [9.17, 15) is 0 Å². The van der Waals surface area contributed by atoms with Gasteiger partial charge in [-0.05, 0) is 58.8 Å². The molecular formula is C21H35IN4O2. The maximum absolute atomic E-state index is 5.92. The van der Waals surface area contributed by atoms with Crippen molar-refractivity contribution < 1.29 is 9.47 Å². The molecule has 1 aliphatic heterocycles. The van der Waals surface area contributed by atoms with E-state index in [0.29, 0.717) is 19.2 Å². The normalized spacial score (nSPS) is 19.5. The topological polar surface area (TPSA) is 58.1 Å². The molecule has 2 unspecified atom stereocenters. The molecule has 1 aromatic carbocycles. The molecule has 7 heteroatoms. The van der Waals surface area contributed by atoms with Crippen molar-refractivity contribution in [1.29, 1.82) is 0 Å². The van der Waals surface area contributed by atoms with Crippen molar-refractivity contribution in [3.8, 4) is 11.5 Å². The minimum Gasteiger partial charge on any atom is -0.494 e. The van der Waals surface area contributed by atoms with Crippen LogP contribution in [0.3, 0.4) is 0 Å². The number of halogens is 1. The molecule has 0 bridgehead atoms. The molecule has 2 aliphatic rings. The minimum atomic E-state index is 0. The number of nitrogens with zero attached hydrogens (tertiary/aromatic N) is 2. The van der Waals surface area contributed by atoms with Crippen LogP contribution < -0.4 is 20.1 Å². The fraction of sp³-hybridized carbons (Fsp3) is 0.667. The third-order valence-corrected chi connectivity index (χ3v) is 5.36. The van der Waals surface area contributed by atoms with Gasteiger partial charge in [-0.1, -0.05) is 0 Å². The Kier molecular flexibility index (Phi) is 8.67. The summed E-state index contributed by atoms with van der Waals surface area (Å²) in [4.78, 5) is 6.69. The van der Waals surface area contributed by atoms with Crippen molar-refractivity contribution in [3.63, 3.8) is 0 Å². The first kappa shape index (κ1) is 23.1. The zero-order valence-electron chi connectivity index (χ0n) is 17.7. The summed E-state index contributed by atoms with van der Waals surface area (Å²) in [6, 6.07) is 4.79. The van der Waals surface area contributed by atoms with Crippen LogP contribution >= 0.6 is 24.0 Å². The highest BCUT2D eigenvalue weighted by Gasteiger charge is 2.32. The van der Waals surface area contributed by atoms with Gasteiger partial charge < -0.3 is 25.0 Å². The highest BCUT2D eigenvalue weighted by atomic mass is 127. The Hall–Kier alpha value is -1.22. The summed E-state index contributed by atoms with van der Waals surface area (Å²) < 4.78 is 11.8. The third kappa shape index (κ3) is 5.89. The molecule has 0 saturated heterocycles. The van der Waals surface area contributed by atoms with Crippen LogP contribution in [0.2, 0.25) is 0 Å². The van der Waals surface area contributed by atoms with E-state index in [1.165, 1.54) is 18.4 Å². The molecule has 1 heterocycles. The fourth-order valence-corrected chi connectivity index (χ4v) is 3.76. The molecule has 28 heavy (non-hydrogen) atoms. The molecule has 3 rings (SSSR count). The molecule has 0 radical (unpaired) electrons. The zero-order chi connectivity index (χ0) is 19.4. The number of likely N-dealkylation sites (N-methyl/N-ethyl adjacent to an activating group) is 1. The summed E-state index contributed by atoms with van der Waals surface area (Å²) in [5.74, 6) is 3.54. The van der Waals surface area contributed by atoms with Gasteiger partial charge in [-0.3, -0.25) is 4.99 Å². The highest BCUT2D eigenvalue weighted by Crippen LogP contribution is 2.35. The Balaban J connectivity index is 0.00000280. The van der Waals surface area contributed by atoms with Crippen molar-refractivity contribution >= 4 is 29.9 Å². The number of rotatable bonds is 8. The largest absolute Gasteiger partial charge is 0.494 e. The number of fused-ring (bicyclic) bond motifs is 1. The maximum atomic E-state index is 5.92. The molecule has 0 amide bonds. The molecule has 0 spiro atoms. The van der Waals surface area contributed by atoms with Crippen LogP contribution in [0.25, 0.3) is 0 Å². The Bertz CT molecular complexity index is 675. The number of nitrogens with one attached hydrogen (secondary N) is 2. The van der Waals surface area contributed by atoms with E-state index >= 15 is 0 Å². The van der Waals surface area contributed by atoms with Crippen molar-refractivity contribution in [3.05, 3.63) is 23.3 Å². The average Bonchev–Trinajstić information content (AvgIpc) is 3.39. The number of hydrogen-bond acceptors (Lipinski definition) is 4. The molecular weight excluding hydrogens is 467 g/mol. The fourth-order valence-electron chi connectivity index (χ4n) is 3.76. The molecule has 2 atom stereocenters. The molecule has 158 valence electrons. The Morgan fingerprint density at radius 2 is 2.07 bits per heavy atom. The number of ether oxygens (including phenoxy) is 2. The first-order chi connectivity index (χ1) is 13.0. The van der Waals surface area contributed by atoms with Crippen molar-refractivity contribution in [1.82, 2.24) is 15.5 Å². The summed E-state index contributed by atoms with van der Waals surface area (Å²) in [7, 11) is 6.12. The van der Waals surface area contributed by atoms with E-state index in [2.05, 4.69) is 53.7 Å². The lowest BCUT2D eigenvalue weighted by atomic mass is 10.1. The summed E-state index contributed by atoms with van der Waals surface area (Å²) in [5.41, 5.74) is 2.33. The zero-order valence-corrected chi connectivity index (χ0v) is 20.1. The molecule has 6 nitrogen and oxygen atoms in total. The summed E-state index contributed by atoms with van der Waals surface area (Å²) in [6.45, 7) is 6.33. The second-order valence-electron chi connectivity index (χ2n) is 7.81. The van der Waals surface area contributed by atoms with E-state index in [-0.39, 0.29) is 30.1 Å². The van der Waals surface area contributed by atoms with Gasteiger partial charge in [0.05, 0.1) is 6.61 Å². The third-order valence-electron chi connectivity index (χ3n) is 5.36. The van der Waals surface area contributed by atoms with Crippen LogP contribution in [0.4, 0.5) is 0 Å². The van der Waals surface area contributed by atoms with Gasteiger partial charge in [0.2, 0.25) is 0 Å². The van der Waals surface area contributed by atoms with E-state index in [1.807, 2.05) is 14.0 Å². The minimum absolute atomic E-state index is 0. The van der Waals surface area contributed by atoms with E-state index in [4.69, 9.17) is 9.47 Å². The lowest BCUT2D eigenvalue weighted by Gasteiger charge is -2.25. The van der Waals surface area contributed by atoms with Crippen molar-refractivity contribution in [2.75, 3.05) is 34.3 Å². The molecule has 2 N–H and O–H groups in total. The Morgan fingerprint density at radius 1 is 1.32 bits per heavy atom. The van der Waals surface area contributed by atoms with Gasteiger partial charge in [0, 0.05) is 43.7 Å². The lowest BCUT2D eigenvalue weighted by molar-refractivity contribution is 0.254. The number of aliphatic imine (C=N–C) groups is 1. The Labute approximate surface area is 186 Å². The predicted molar refractivity (Wildman–Crippen MR) is 125 cm³/mol. The van der Waals surface area contributed by atoms with Crippen LogP contribution in [-0.2, 0) is 13.0 Å². The van der Waals surface area contributed by atoms with E-state index in [1.54, 1.807) is 0 Å². The number of guanidine groups is 1. The maximum Gasteiger partial charge on any atom is 0.191 e. The second-order valence-corrected chi connectivity index (χ2v) is 7.81. The average molecular weight is 502 g/mol. The summed E-state index contributed by atoms with van der Waals surface area (Å²) >= 11 is 0. The molecule has 1 aromatic rings. The highest BCUT2D eigenvalue weighted by molar-refractivity contribution is 14.0. The summed E-state index contributed by atoms with van der Waals surface area (Å²) in [6.07, 6.45) is 3.85. The van der Waals surface area contributed by atoms with Gasteiger partial charge >= 0.3 is 0 Å². The second kappa shape index (κ2) is 10.5. The van der Waals surface area contributed by atoms with E-state index in [0.717, 1.165) is 41.9 Å². The molecule has 1 fully saturated rings. The number of hydrogen-bond donors (Lipinski definition) is 2. The number of benzene rings is 1. The summed E-state index contributed by atoms with van der Waals surface area (Å²) in [5, 5.41) is 6.90. The van der Waals surface area contributed by atoms with Gasteiger partial charge in [-0.2, -0.15) is 0 Å². The van der Waals surface area contributed by atoms with Crippen LogP contribution in [0.5, 0.6) is 11.5 Å². The first-order valence-corrected chi connectivity index (χ1v) is 10.1.